The molecule has 7 heteroatoms. The van der Waals surface area contributed by atoms with Crippen molar-refractivity contribution in [2.45, 2.75) is 18.9 Å². The minimum atomic E-state index is 0.468. The van der Waals surface area contributed by atoms with Gasteiger partial charge in [0.25, 0.3) is 0 Å². The second-order valence-electron chi connectivity index (χ2n) is 6.22. The number of pyridine rings is 1. The van der Waals surface area contributed by atoms with Crippen LogP contribution in [-0.4, -0.2) is 50.7 Å². The number of likely N-dealkylation sites (tertiary alicyclic amines) is 1. The smallest absolute Gasteiger partial charge is 0.154 e. The third kappa shape index (κ3) is 3.07. The maximum atomic E-state index is 5.87. The lowest BCUT2D eigenvalue weighted by atomic mass is 10.1. The zero-order valence-corrected chi connectivity index (χ0v) is 14.2. The van der Waals surface area contributed by atoms with Crippen LogP contribution in [0.25, 0.3) is 16.9 Å². The highest BCUT2D eigenvalue weighted by Crippen LogP contribution is 2.22. The maximum Gasteiger partial charge on any atom is 0.154 e. The lowest BCUT2D eigenvalue weighted by Gasteiger charge is -2.29. The van der Waals surface area contributed by atoms with Crippen molar-refractivity contribution in [3.8, 4) is 11.3 Å². The fourth-order valence-electron chi connectivity index (χ4n) is 3.04. The molecule has 0 amide bonds. The van der Waals surface area contributed by atoms with Gasteiger partial charge in [-0.15, -0.1) is 5.10 Å². The zero-order chi connectivity index (χ0) is 16.5. The molecule has 124 valence electrons. The predicted octanol–water partition coefficient (Wildman–Crippen LogP) is 2.95. The molecule has 3 aromatic heterocycles. The largest absolute Gasteiger partial charge is 0.366 e. The lowest BCUT2D eigenvalue weighted by molar-refractivity contribution is 0.263. The van der Waals surface area contributed by atoms with E-state index in [2.05, 4.69) is 27.2 Å². The van der Waals surface area contributed by atoms with Crippen LogP contribution in [0.2, 0.25) is 5.15 Å². The number of piperidine rings is 1. The quantitative estimate of drug-likeness (QED) is 0.742. The molecule has 1 N–H and O–H groups in total. The van der Waals surface area contributed by atoms with Crippen molar-refractivity contribution in [3.05, 3.63) is 41.8 Å². The molecule has 1 saturated heterocycles. The molecule has 1 aliphatic rings. The van der Waals surface area contributed by atoms with E-state index in [1.54, 1.807) is 12.3 Å². The SMILES string of the molecule is CN1CCC(Nc2ccc3ncc(-c4ccc(Cl)nc4)n3n2)CC1. The number of rotatable bonds is 3. The van der Waals surface area contributed by atoms with Crippen LogP contribution in [0.3, 0.4) is 0 Å². The number of anilines is 1. The Morgan fingerprint density at radius 2 is 1.92 bits per heavy atom. The van der Waals surface area contributed by atoms with Crippen LogP contribution in [0.5, 0.6) is 0 Å². The summed E-state index contributed by atoms with van der Waals surface area (Å²) < 4.78 is 1.85. The Labute approximate surface area is 145 Å². The molecule has 0 spiro atoms. The zero-order valence-electron chi connectivity index (χ0n) is 13.5. The van der Waals surface area contributed by atoms with Gasteiger partial charge in [-0.3, -0.25) is 0 Å². The summed E-state index contributed by atoms with van der Waals surface area (Å²) in [5, 5.41) is 8.74. The molecule has 0 bridgehead atoms. The van der Waals surface area contributed by atoms with Gasteiger partial charge in [-0.25, -0.2) is 14.5 Å². The summed E-state index contributed by atoms with van der Waals surface area (Å²) in [6.07, 6.45) is 5.82. The summed E-state index contributed by atoms with van der Waals surface area (Å²) in [6.45, 7) is 2.24. The van der Waals surface area contributed by atoms with E-state index < -0.39 is 0 Å². The Bertz CT molecular complexity index is 836. The molecule has 0 aliphatic carbocycles. The average molecular weight is 343 g/mol. The average Bonchev–Trinajstić information content (AvgIpc) is 3.01. The second-order valence-corrected chi connectivity index (χ2v) is 6.61. The van der Waals surface area contributed by atoms with Crippen LogP contribution in [0, 0.1) is 0 Å². The van der Waals surface area contributed by atoms with Crippen LogP contribution in [0.15, 0.2) is 36.7 Å². The topological polar surface area (TPSA) is 58.3 Å². The Morgan fingerprint density at radius 1 is 1.08 bits per heavy atom. The van der Waals surface area contributed by atoms with Gasteiger partial charge in [0.15, 0.2) is 5.65 Å². The van der Waals surface area contributed by atoms with Crippen LogP contribution in [0.4, 0.5) is 5.82 Å². The standard InChI is InChI=1S/C17H19ClN6/c1-23-8-6-13(7-9-23)21-16-4-5-17-20-11-14(24(17)22-16)12-2-3-15(18)19-10-12/h2-5,10-11,13H,6-9H2,1H3,(H,21,22). The lowest BCUT2D eigenvalue weighted by Crippen LogP contribution is -2.36. The highest BCUT2D eigenvalue weighted by Gasteiger charge is 2.17. The number of nitrogens with one attached hydrogen (secondary N) is 1. The van der Waals surface area contributed by atoms with Gasteiger partial charge in [-0.2, -0.15) is 0 Å². The van der Waals surface area contributed by atoms with E-state index in [1.165, 1.54) is 0 Å². The van der Waals surface area contributed by atoms with Crippen LogP contribution >= 0.6 is 11.6 Å². The van der Waals surface area contributed by atoms with Crippen molar-refractivity contribution in [1.29, 1.82) is 0 Å². The highest BCUT2D eigenvalue weighted by molar-refractivity contribution is 6.29. The van der Waals surface area contributed by atoms with Crippen molar-refractivity contribution in [2.24, 2.45) is 0 Å². The molecule has 4 rings (SSSR count). The first-order chi connectivity index (χ1) is 11.7. The highest BCUT2D eigenvalue weighted by atomic mass is 35.5. The Hall–Kier alpha value is -2.18. The summed E-state index contributed by atoms with van der Waals surface area (Å²) in [6, 6.07) is 8.14. The molecule has 0 atom stereocenters. The van der Waals surface area contributed by atoms with E-state index in [-0.39, 0.29) is 0 Å². The van der Waals surface area contributed by atoms with Gasteiger partial charge in [-0.1, -0.05) is 11.6 Å². The fourth-order valence-corrected chi connectivity index (χ4v) is 3.15. The number of halogens is 1. The predicted molar refractivity (Wildman–Crippen MR) is 95.4 cm³/mol. The van der Waals surface area contributed by atoms with E-state index in [1.807, 2.05) is 28.9 Å². The second kappa shape index (κ2) is 6.37. The monoisotopic (exact) mass is 342 g/mol. The summed E-state index contributed by atoms with van der Waals surface area (Å²) in [5.74, 6) is 0.873. The van der Waals surface area contributed by atoms with Gasteiger partial charge in [0.2, 0.25) is 0 Å². The van der Waals surface area contributed by atoms with Crippen molar-refractivity contribution in [3.63, 3.8) is 0 Å². The van der Waals surface area contributed by atoms with Crippen molar-refractivity contribution in [1.82, 2.24) is 24.5 Å². The third-order valence-corrected chi connectivity index (χ3v) is 4.68. The van der Waals surface area contributed by atoms with Crippen molar-refractivity contribution in [2.75, 3.05) is 25.5 Å². The van der Waals surface area contributed by atoms with Crippen LogP contribution in [0.1, 0.15) is 12.8 Å². The molecular formula is C17H19ClN6. The number of fused-ring (bicyclic) bond motifs is 1. The first-order valence-corrected chi connectivity index (χ1v) is 8.48. The number of hydrogen-bond donors (Lipinski definition) is 1. The normalized spacial score (nSPS) is 16.6. The summed E-state index contributed by atoms with van der Waals surface area (Å²) in [7, 11) is 2.17. The maximum absolute atomic E-state index is 5.87. The molecule has 24 heavy (non-hydrogen) atoms. The van der Waals surface area contributed by atoms with Gasteiger partial charge < -0.3 is 10.2 Å². The fraction of sp³-hybridized carbons (Fsp3) is 0.353. The Morgan fingerprint density at radius 3 is 2.67 bits per heavy atom. The molecule has 0 saturated carbocycles. The van der Waals surface area contributed by atoms with Gasteiger partial charge in [-0.05, 0) is 57.2 Å². The van der Waals surface area contributed by atoms with E-state index in [4.69, 9.17) is 16.7 Å². The Balaban J connectivity index is 1.62. The van der Waals surface area contributed by atoms with Crippen molar-refractivity contribution >= 4 is 23.1 Å². The van der Waals surface area contributed by atoms with E-state index >= 15 is 0 Å². The van der Waals surface area contributed by atoms with E-state index in [0.717, 1.165) is 48.7 Å². The molecular weight excluding hydrogens is 324 g/mol. The van der Waals surface area contributed by atoms with Gasteiger partial charge in [0, 0.05) is 17.8 Å². The molecule has 1 fully saturated rings. The molecule has 3 aromatic rings. The number of nitrogens with zero attached hydrogens (tertiary/aromatic N) is 5. The number of imidazole rings is 1. The van der Waals surface area contributed by atoms with Gasteiger partial charge in [0.1, 0.15) is 11.0 Å². The molecule has 0 aromatic carbocycles. The Kier molecular flexibility index (Phi) is 4.08. The van der Waals surface area contributed by atoms with E-state index in [9.17, 15) is 0 Å². The van der Waals surface area contributed by atoms with Crippen LogP contribution in [-0.2, 0) is 0 Å². The first kappa shape index (κ1) is 15.4. The minimum Gasteiger partial charge on any atom is -0.366 e. The molecule has 0 unspecified atom stereocenters. The van der Waals surface area contributed by atoms with Gasteiger partial charge >= 0.3 is 0 Å². The number of aromatic nitrogens is 4. The van der Waals surface area contributed by atoms with Gasteiger partial charge in [0.05, 0.1) is 11.9 Å². The minimum absolute atomic E-state index is 0.468. The molecule has 6 nitrogen and oxygen atoms in total. The third-order valence-electron chi connectivity index (χ3n) is 4.46. The van der Waals surface area contributed by atoms with Crippen molar-refractivity contribution < 1.29 is 0 Å². The summed E-state index contributed by atoms with van der Waals surface area (Å²) >= 11 is 5.87. The molecule has 1 aliphatic heterocycles. The summed E-state index contributed by atoms with van der Waals surface area (Å²) in [4.78, 5) is 10.9. The van der Waals surface area contributed by atoms with Crippen LogP contribution < -0.4 is 5.32 Å². The summed E-state index contributed by atoms with van der Waals surface area (Å²) in [5.41, 5.74) is 2.66. The molecule has 4 heterocycles. The number of hydrogen-bond acceptors (Lipinski definition) is 5. The molecule has 0 radical (unpaired) electrons. The first-order valence-electron chi connectivity index (χ1n) is 8.11. The van der Waals surface area contributed by atoms with E-state index in [0.29, 0.717) is 11.2 Å².